The molecule has 0 spiro atoms. The number of rotatable bonds is 10. The fourth-order valence-electron chi connectivity index (χ4n) is 5.91. The van der Waals surface area contributed by atoms with E-state index >= 15 is 0 Å². The van der Waals surface area contributed by atoms with Crippen molar-refractivity contribution in [2.45, 2.75) is 64.8 Å². The zero-order chi connectivity index (χ0) is 20.8. The zero-order valence-corrected chi connectivity index (χ0v) is 19.5. The van der Waals surface area contributed by atoms with Crippen LogP contribution in [0.25, 0.3) is 0 Å². The molecule has 4 rings (SSSR count). The Balaban J connectivity index is 1.17. The molecule has 30 heavy (non-hydrogen) atoms. The maximum Gasteiger partial charge on any atom is 0.119 e. The molecule has 2 atom stereocenters. The van der Waals surface area contributed by atoms with Gasteiger partial charge in [-0.3, -0.25) is 4.90 Å². The Kier molecular flexibility index (Phi) is 8.08. The van der Waals surface area contributed by atoms with Gasteiger partial charge in [-0.1, -0.05) is 19.9 Å². The van der Waals surface area contributed by atoms with E-state index in [1.165, 1.54) is 96.4 Å². The minimum atomic E-state index is 0.760. The molecular formula is C26H43N3O. The second-order valence-electron chi connectivity index (χ2n) is 9.71. The number of aryl methyl sites for hydroxylation is 1. The number of likely N-dealkylation sites (tertiary alicyclic amines) is 2. The smallest absolute Gasteiger partial charge is 0.119 e. The van der Waals surface area contributed by atoms with Crippen molar-refractivity contribution in [3.8, 4) is 5.75 Å². The summed E-state index contributed by atoms with van der Waals surface area (Å²) in [6.45, 7) is 15.4. The zero-order valence-electron chi connectivity index (χ0n) is 19.5. The summed E-state index contributed by atoms with van der Waals surface area (Å²) in [5.41, 5.74) is 3.10. The van der Waals surface area contributed by atoms with E-state index in [-0.39, 0.29) is 0 Å². The lowest BCUT2D eigenvalue weighted by Gasteiger charge is -2.28. The van der Waals surface area contributed by atoms with Crippen molar-refractivity contribution in [3.63, 3.8) is 0 Å². The van der Waals surface area contributed by atoms with Crippen LogP contribution in [0.15, 0.2) is 18.2 Å². The first-order chi connectivity index (χ1) is 14.7. The highest BCUT2D eigenvalue weighted by molar-refractivity contribution is 5.37. The molecule has 0 bridgehead atoms. The Hall–Kier alpha value is -1.10. The maximum atomic E-state index is 6.14. The molecule has 2 unspecified atom stereocenters. The van der Waals surface area contributed by atoms with E-state index < -0.39 is 0 Å². The molecule has 1 aromatic carbocycles. The molecule has 0 N–H and O–H groups in total. The largest absolute Gasteiger partial charge is 0.494 e. The highest BCUT2D eigenvalue weighted by Crippen LogP contribution is 2.30. The lowest BCUT2D eigenvalue weighted by atomic mass is 9.83. The molecule has 3 aliphatic rings. The van der Waals surface area contributed by atoms with Gasteiger partial charge in [-0.15, -0.1) is 0 Å². The third-order valence-corrected chi connectivity index (χ3v) is 7.69. The molecule has 0 amide bonds. The molecule has 2 aliphatic heterocycles. The molecule has 1 aromatic rings. The van der Waals surface area contributed by atoms with Crippen LogP contribution < -0.4 is 4.74 Å². The Morgan fingerprint density at radius 1 is 1.00 bits per heavy atom. The molecule has 2 heterocycles. The first-order valence-corrected chi connectivity index (χ1v) is 12.7. The predicted molar refractivity (Wildman–Crippen MR) is 126 cm³/mol. The third kappa shape index (κ3) is 5.77. The number of fused-ring (bicyclic) bond motifs is 1. The first-order valence-electron chi connectivity index (χ1n) is 12.7. The average molecular weight is 414 g/mol. The summed E-state index contributed by atoms with van der Waals surface area (Å²) in [7, 11) is 0. The van der Waals surface area contributed by atoms with E-state index in [4.69, 9.17) is 4.74 Å². The van der Waals surface area contributed by atoms with Crippen molar-refractivity contribution in [1.82, 2.24) is 14.7 Å². The van der Waals surface area contributed by atoms with Gasteiger partial charge in [-0.05, 0) is 107 Å². The van der Waals surface area contributed by atoms with Gasteiger partial charge in [0.05, 0.1) is 6.61 Å². The summed E-state index contributed by atoms with van der Waals surface area (Å²) in [5.74, 6) is 1.93. The quantitative estimate of drug-likeness (QED) is 0.538. The molecule has 0 aromatic heterocycles. The van der Waals surface area contributed by atoms with Gasteiger partial charge in [0, 0.05) is 25.7 Å². The SMILES string of the molecule is CCN(CC)C1CCN(CCCOc2ccc3c(c2)CCC(CN2CCCC2)C3)C1. The van der Waals surface area contributed by atoms with Crippen molar-refractivity contribution in [2.75, 3.05) is 59.0 Å². The number of benzene rings is 1. The summed E-state index contributed by atoms with van der Waals surface area (Å²) in [4.78, 5) is 7.91. The number of ether oxygens (including phenoxy) is 1. The van der Waals surface area contributed by atoms with E-state index in [1.54, 1.807) is 5.56 Å². The maximum absolute atomic E-state index is 6.14. The summed E-state index contributed by atoms with van der Waals surface area (Å²) in [6.07, 6.45) is 9.08. The van der Waals surface area contributed by atoms with Crippen molar-refractivity contribution in [1.29, 1.82) is 0 Å². The van der Waals surface area contributed by atoms with E-state index in [0.29, 0.717) is 0 Å². The number of hydrogen-bond donors (Lipinski definition) is 0. The predicted octanol–water partition coefficient (Wildman–Crippen LogP) is 4.07. The molecule has 168 valence electrons. The highest BCUT2D eigenvalue weighted by atomic mass is 16.5. The summed E-state index contributed by atoms with van der Waals surface area (Å²) in [5, 5.41) is 0. The van der Waals surface area contributed by atoms with Crippen molar-refractivity contribution >= 4 is 0 Å². The second-order valence-corrected chi connectivity index (χ2v) is 9.71. The van der Waals surface area contributed by atoms with Gasteiger partial charge in [0.1, 0.15) is 5.75 Å². The second kappa shape index (κ2) is 11.0. The van der Waals surface area contributed by atoms with Crippen LogP contribution in [0.3, 0.4) is 0 Å². The number of hydrogen-bond acceptors (Lipinski definition) is 4. The minimum Gasteiger partial charge on any atom is -0.494 e. The molecular weight excluding hydrogens is 370 g/mol. The molecule has 0 radical (unpaired) electrons. The summed E-state index contributed by atoms with van der Waals surface area (Å²) in [6, 6.07) is 7.64. The van der Waals surface area contributed by atoms with Crippen LogP contribution in [0, 0.1) is 5.92 Å². The lowest BCUT2D eigenvalue weighted by Crippen LogP contribution is -2.37. The van der Waals surface area contributed by atoms with Gasteiger partial charge in [0.2, 0.25) is 0 Å². The number of likely N-dealkylation sites (N-methyl/N-ethyl adjacent to an activating group) is 1. The van der Waals surface area contributed by atoms with Gasteiger partial charge in [0.15, 0.2) is 0 Å². The van der Waals surface area contributed by atoms with Crippen LogP contribution in [0.5, 0.6) is 5.75 Å². The van der Waals surface area contributed by atoms with E-state index in [2.05, 4.69) is 46.7 Å². The monoisotopic (exact) mass is 413 g/mol. The third-order valence-electron chi connectivity index (χ3n) is 7.69. The molecule has 2 fully saturated rings. The van der Waals surface area contributed by atoms with Crippen LogP contribution in [0.4, 0.5) is 0 Å². The minimum absolute atomic E-state index is 0.760. The van der Waals surface area contributed by atoms with Crippen LogP contribution in [-0.2, 0) is 12.8 Å². The first kappa shape index (κ1) is 22.1. The Morgan fingerprint density at radius 2 is 1.83 bits per heavy atom. The Morgan fingerprint density at radius 3 is 2.63 bits per heavy atom. The van der Waals surface area contributed by atoms with E-state index in [9.17, 15) is 0 Å². The van der Waals surface area contributed by atoms with Crippen molar-refractivity contribution < 1.29 is 4.74 Å². The fraction of sp³-hybridized carbons (Fsp3) is 0.769. The van der Waals surface area contributed by atoms with E-state index in [0.717, 1.165) is 30.7 Å². The van der Waals surface area contributed by atoms with Gasteiger partial charge in [-0.25, -0.2) is 0 Å². The highest BCUT2D eigenvalue weighted by Gasteiger charge is 2.26. The Labute approximate surface area is 184 Å². The van der Waals surface area contributed by atoms with E-state index in [1.807, 2.05) is 0 Å². The standard InChI is InChI=1S/C26H43N3O/c1-3-29(4-2)25-12-16-28(21-25)15-7-17-30-26-11-10-23-18-22(8-9-24(23)19-26)20-27-13-5-6-14-27/h10-11,19,22,25H,3-9,12-18,20-21H2,1-2H3. The van der Waals surface area contributed by atoms with Crippen LogP contribution in [0.2, 0.25) is 0 Å². The molecule has 0 saturated carbocycles. The van der Waals surface area contributed by atoms with Crippen LogP contribution in [-0.4, -0.2) is 79.7 Å². The lowest BCUT2D eigenvalue weighted by molar-refractivity contribution is 0.205. The number of nitrogens with zero attached hydrogens (tertiary/aromatic N) is 3. The average Bonchev–Trinajstić information content (AvgIpc) is 3.45. The molecule has 1 aliphatic carbocycles. The van der Waals surface area contributed by atoms with Gasteiger partial charge in [0.25, 0.3) is 0 Å². The van der Waals surface area contributed by atoms with Crippen LogP contribution >= 0.6 is 0 Å². The van der Waals surface area contributed by atoms with Crippen molar-refractivity contribution in [2.24, 2.45) is 5.92 Å². The fourth-order valence-corrected chi connectivity index (χ4v) is 5.91. The summed E-state index contributed by atoms with van der Waals surface area (Å²) >= 11 is 0. The van der Waals surface area contributed by atoms with Gasteiger partial charge < -0.3 is 14.5 Å². The molecule has 4 heteroatoms. The Bertz CT molecular complexity index is 654. The summed E-state index contributed by atoms with van der Waals surface area (Å²) < 4.78 is 6.14. The van der Waals surface area contributed by atoms with Crippen LogP contribution in [0.1, 0.15) is 57.1 Å². The topological polar surface area (TPSA) is 19.0 Å². The molecule has 2 saturated heterocycles. The normalized spacial score (nSPS) is 25.2. The molecule has 4 nitrogen and oxygen atoms in total. The van der Waals surface area contributed by atoms with Gasteiger partial charge in [-0.2, -0.15) is 0 Å². The van der Waals surface area contributed by atoms with Crippen molar-refractivity contribution in [3.05, 3.63) is 29.3 Å². The van der Waals surface area contributed by atoms with Gasteiger partial charge >= 0.3 is 0 Å².